The highest BCUT2D eigenvalue weighted by Gasteiger charge is 2.21. The fourth-order valence-corrected chi connectivity index (χ4v) is 6.89. The van der Waals surface area contributed by atoms with E-state index < -0.39 is 11.8 Å². The van der Waals surface area contributed by atoms with Crippen LogP contribution < -0.4 is 30.3 Å². The van der Waals surface area contributed by atoms with E-state index in [1.807, 2.05) is 61.4 Å². The van der Waals surface area contributed by atoms with E-state index in [1.165, 1.54) is 26.4 Å². The fraction of sp³-hybridized carbons (Fsp3) is 0.239. The number of anilines is 2. The summed E-state index contributed by atoms with van der Waals surface area (Å²) in [4.78, 5) is 46.9. The lowest BCUT2D eigenvalue weighted by Gasteiger charge is -2.23. The van der Waals surface area contributed by atoms with Crippen molar-refractivity contribution in [3.8, 4) is 17.2 Å². The minimum Gasteiger partial charge on any atom is -0.493 e. The van der Waals surface area contributed by atoms with E-state index in [0.717, 1.165) is 52.2 Å². The zero-order valence-electron chi connectivity index (χ0n) is 34.1. The van der Waals surface area contributed by atoms with Crippen molar-refractivity contribution >= 4 is 45.1 Å². The van der Waals surface area contributed by atoms with Gasteiger partial charge < -0.3 is 34.0 Å². The molecule has 4 aromatic carbocycles. The molecule has 0 unspecified atom stereocenters. The molecule has 14 nitrogen and oxygen atoms in total. The number of aromatic nitrogens is 3. The van der Waals surface area contributed by atoms with Crippen LogP contribution in [0.4, 0.5) is 11.4 Å². The van der Waals surface area contributed by atoms with Gasteiger partial charge in [-0.3, -0.25) is 28.9 Å². The van der Waals surface area contributed by atoms with Gasteiger partial charge >= 0.3 is 0 Å². The molecule has 0 aliphatic rings. The van der Waals surface area contributed by atoms with Gasteiger partial charge in [-0.05, 0) is 78.6 Å². The maximum atomic E-state index is 13.8. The van der Waals surface area contributed by atoms with Gasteiger partial charge in [0.2, 0.25) is 0 Å². The Hall–Kier alpha value is -7.03. The number of amides is 2. The number of aryl methyl sites for hydroxylation is 2. The highest BCUT2D eigenvalue weighted by atomic mass is 16.5. The maximum Gasteiger partial charge on any atom is 0.291 e. The van der Waals surface area contributed by atoms with E-state index in [-0.39, 0.29) is 39.5 Å². The van der Waals surface area contributed by atoms with Gasteiger partial charge in [0, 0.05) is 63.2 Å². The number of ether oxygens (including phenoxy) is 4. The number of carbonyl (C=O) groups excluding carboxylic acids is 2. The van der Waals surface area contributed by atoms with Crippen molar-refractivity contribution in [2.75, 3.05) is 51.7 Å². The molecule has 0 saturated heterocycles. The molecule has 7 aromatic rings. The predicted molar refractivity (Wildman–Crippen MR) is 229 cm³/mol. The van der Waals surface area contributed by atoms with Crippen molar-refractivity contribution in [3.05, 3.63) is 147 Å². The smallest absolute Gasteiger partial charge is 0.291 e. The Morgan fingerprint density at radius 3 is 2.33 bits per heavy atom. The van der Waals surface area contributed by atoms with Crippen LogP contribution in [0.25, 0.3) is 21.9 Å². The average Bonchev–Trinajstić information content (AvgIpc) is 3.62. The predicted octanol–water partition coefficient (Wildman–Crippen LogP) is 7.18. The van der Waals surface area contributed by atoms with Crippen LogP contribution in [-0.2, 0) is 31.3 Å². The number of methoxy groups -OCH3 is 3. The zero-order valence-corrected chi connectivity index (χ0v) is 34.1. The second kappa shape index (κ2) is 18.7. The van der Waals surface area contributed by atoms with Crippen LogP contribution in [0.3, 0.4) is 0 Å². The van der Waals surface area contributed by atoms with Crippen LogP contribution >= 0.6 is 0 Å². The van der Waals surface area contributed by atoms with E-state index in [0.29, 0.717) is 43.1 Å². The molecule has 2 N–H and O–H groups in total. The van der Waals surface area contributed by atoms with Gasteiger partial charge in [0.25, 0.3) is 11.8 Å². The zero-order chi connectivity index (χ0) is 42.2. The Bertz CT molecular complexity index is 2710. The molecular weight excluding hydrogens is 765 g/mol. The third kappa shape index (κ3) is 9.80. The van der Waals surface area contributed by atoms with Crippen molar-refractivity contribution < 1.29 is 33.0 Å². The van der Waals surface area contributed by atoms with E-state index >= 15 is 0 Å². The molecule has 0 atom stereocenters. The summed E-state index contributed by atoms with van der Waals surface area (Å²) in [6, 6.07) is 25.3. The highest BCUT2D eigenvalue weighted by molar-refractivity contribution is 6.12. The molecular formula is C46H46N6O8. The molecule has 7 rings (SSSR count). The van der Waals surface area contributed by atoms with Gasteiger partial charge in [0.05, 0.1) is 55.4 Å². The monoisotopic (exact) mass is 810 g/mol. The Morgan fingerprint density at radius 1 is 0.783 bits per heavy atom. The van der Waals surface area contributed by atoms with E-state index in [4.69, 9.17) is 23.4 Å². The number of hydrogen-bond donors (Lipinski definition) is 2. The first kappa shape index (κ1) is 41.1. The molecule has 0 bridgehead atoms. The van der Waals surface area contributed by atoms with Crippen molar-refractivity contribution in [2.45, 2.75) is 26.4 Å². The molecule has 60 heavy (non-hydrogen) atoms. The Morgan fingerprint density at radius 2 is 1.55 bits per heavy atom. The number of pyridine rings is 1. The standard InChI is InChI=1S/C46H46N6O8/c1-29-6-13-41-37(18-29)40(53)23-44(60-41)46(55)50-38-22-43(58-5)42(57-4)21-36(38)45(54)49-34-10-7-30(8-11-34)14-15-52(27-31-9-12-39-33(19-31)25-48-51(39)2)28-32-20-35(26-47-24-32)59-17-16-56-3/h6-13,18-26H,14-17,27-28H2,1-5H3,(H,49,54)(H,50,55). The van der Waals surface area contributed by atoms with Crippen LogP contribution in [0.15, 0.2) is 113 Å². The van der Waals surface area contributed by atoms with Gasteiger partial charge in [-0.25, -0.2) is 0 Å². The van der Waals surface area contributed by atoms with E-state index in [2.05, 4.69) is 43.8 Å². The molecule has 0 spiro atoms. The number of carbonyl (C=O) groups is 2. The van der Waals surface area contributed by atoms with Crippen molar-refractivity contribution in [3.63, 3.8) is 0 Å². The average molecular weight is 811 g/mol. The van der Waals surface area contributed by atoms with Gasteiger partial charge in [0.15, 0.2) is 22.7 Å². The summed E-state index contributed by atoms with van der Waals surface area (Å²) in [5.41, 5.74) is 5.90. The summed E-state index contributed by atoms with van der Waals surface area (Å²) in [6.45, 7) is 4.86. The van der Waals surface area contributed by atoms with Gasteiger partial charge in [-0.2, -0.15) is 5.10 Å². The number of fused-ring (bicyclic) bond motifs is 2. The van der Waals surface area contributed by atoms with Gasteiger partial charge in [-0.1, -0.05) is 29.8 Å². The molecule has 2 amide bonds. The highest BCUT2D eigenvalue weighted by Crippen LogP contribution is 2.34. The summed E-state index contributed by atoms with van der Waals surface area (Å²) < 4.78 is 29.5. The number of hydrogen-bond acceptors (Lipinski definition) is 11. The summed E-state index contributed by atoms with van der Waals surface area (Å²) in [5, 5.41) is 11.5. The van der Waals surface area contributed by atoms with Crippen LogP contribution in [0.5, 0.6) is 17.2 Å². The Kier molecular flexibility index (Phi) is 12.8. The quantitative estimate of drug-likeness (QED) is 0.0898. The lowest BCUT2D eigenvalue weighted by Crippen LogP contribution is -2.25. The number of rotatable bonds is 17. The fourth-order valence-electron chi connectivity index (χ4n) is 6.89. The Balaban J connectivity index is 1.06. The SMILES string of the molecule is COCCOc1cncc(CN(CCc2ccc(NC(=O)c3cc(OC)c(OC)cc3NC(=O)c3cc(=O)c4cc(C)ccc4o3)cc2)Cc2ccc3c(cnn3C)c2)c1. The van der Waals surface area contributed by atoms with Gasteiger partial charge in [-0.15, -0.1) is 0 Å². The number of nitrogens with one attached hydrogen (secondary N) is 2. The molecule has 0 aliphatic heterocycles. The summed E-state index contributed by atoms with van der Waals surface area (Å²) in [6.07, 6.45) is 6.17. The molecule has 0 fully saturated rings. The summed E-state index contributed by atoms with van der Waals surface area (Å²) >= 11 is 0. The van der Waals surface area contributed by atoms with Crippen LogP contribution in [0.2, 0.25) is 0 Å². The summed E-state index contributed by atoms with van der Waals surface area (Å²) in [5.74, 6) is -0.169. The normalized spacial score (nSPS) is 11.2. The second-order valence-electron chi connectivity index (χ2n) is 14.3. The minimum atomic E-state index is -0.716. The maximum absolute atomic E-state index is 13.8. The van der Waals surface area contributed by atoms with Gasteiger partial charge in [0.1, 0.15) is 17.9 Å². The molecule has 0 saturated carbocycles. The Labute approximate surface area is 346 Å². The minimum absolute atomic E-state index is 0.103. The molecule has 0 radical (unpaired) electrons. The largest absolute Gasteiger partial charge is 0.493 e. The van der Waals surface area contributed by atoms with Crippen molar-refractivity contribution in [1.82, 2.24) is 19.7 Å². The van der Waals surface area contributed by atoms with Crippen LogP contribution in [0, 0.1) is 6.92 Å². The first-order chi connectivity index (χ1) is 29.1. The molecule has 0 aliphatic carbocycles. The number of nitrogens with zero attached hydrogens (tertiary/aromatic N) is 4. The summed E-state index contributed by atoms with van der Waals surface area (Å²) in [7, 11) is 6.48. The first-order valence-electron chi connectivity index (χ1n) is 19.3. The van der Waals surface area contributed by atoms with Crippen molar-refractivity contribution in [2.24, 2.45) is 7.05 Å². The topological polar surface area (TPSA) is 159 Å². The third-order valence-electron chi connectivity index (χ3n) is 10.0. The van der Waals surface area contributed by atoms with E-state index in [1.54, 1.807) is 31.5 Å². The molecule has 3 aromatic heterocycles. The first-order valence-corrected chi connectivity index (χ1v) is 19.3. The molecule has 3 heterocycles. The molecule has 14 heteroatoms. The lowest BCUT2D eigenvalue weighted by molar-refractivity contribution is 0.0997. The van der Waals surface area contributed by atoms with Crippen molar-refractivity contribution in [1.29, 1.82) is 0 Å². The molecule has 308 valence electrons. The number of benzene rings is 4. The van der Waals surface area contributed by atoms with Crippen LogP contribution in [0.1, 0.15) is 43.2 Å². The second-order valence-corrected chi connectivity index (χ2v) is 14.3. The van der Waals surface area contributed by atoms with E-state index in [9.17, 15) is 14.4 Å². The lowest BCUT2D eigenvalue weighted by atomic mass is 10.1. The van der Waals surface area contributed by atoms with Crippen LogP contribution in [-0.4, -0.2) is 72.6 Å². The third-order valence-corrected chi connectivity index (χ3v) is 10.0.